The molecule has 2 saturated heterocycles. The number of carbonyl (C=O) groups is 1. The van der Waals surface area contributed by atoms with Gasteiger partial charge in [0.15, 0.2) is 0 Å². The number of piperidine rings is 1. The van der Waals surface area contributed by atoms with E-state index in [2.05, 4.69) is 20.6 Å². The van der Waals surface area contributed by atoms with E-state index in [9.17, 15) is 14.7 Å². The molecular weight excluding hydrogens is 398 g/mol. The molecule has 0 bridgehead atoms. The summed E-state index contributed by atoms with van der Waals surface area (Å²) >= 11 is 0. The Morgan fingerprint density at radius 3 is 2.68 bits per heavy atom. The SMILES string of the molecule is O=C(NCC1CCCCN1c1ccc(=O)n(C2CCCCC2O)n1)NC1CCOCC1. The minimum atomic E-state index is -0.526. The molecular formula is C22H35N5O4. The summed E-state index contributed by atoms with van der Waals surface area (Å²) < 4.78 is 6.82. The molecule has 3 fully saturated rings. The van der Waals surface area contributed by atoms with E-state index in [0.29, 0.717) is 26.2 Å². The van der Waals surface area contributed by atoms with Gasteiger partial charge in [0, 0.05) is 44.5 Å². The van der Waals surface area contributed by atoms with E-state index < -0.39 is 6.10 Å². The van der Waals surface area contributed by atoms with Crippen molar-refractivity contribution in [3.8, 4) is 0 Å². The Kier molecular flexibility index (Phi) is 7.45. The molecule has 4 rings (SSSR count). The van der Waals surface area contributed by atoms with Crippen LogP contribution in [0.5, 0.6) is 0 Å². The second kappa shape index (κ2) is 10.5. The first-order valence-electron chi connectivity index (χ1n) is 11.8. The summed E-state index contributed by atoms with van der Waals surface area (Å²) in [6.07, 6.45) is 7.76. The van der Waals surface area contributed by atoms with E-state index in [1.807, 2.05) is 0 Å². The average molecular weight is 434 g/mol. The molecule has 1 saturated carbocycles. The van der Waals surface area contributed by atoms with Crippen molar-refractivity contribution < 1.29 is 14.6 Å². The Morgan fingerprint density at radius 2 is 1.87 bits per heavy atom. The quantitative estimate of drug-likeness (QED) is 0.650. The molecule has 172 valence electrons. The fourth-order valence-corrected chi connectivity index (χ4v) is 4.99. The highest BCUT2D eigenvalue weighted by molar-refractivity contribution is 5.74. The molecule has 3 atom stereocenters. The smallest absolute Gasteiger partial charge is 0.315 e. The topological polar surface area (TPSA) is 109 Å². The molecule has 2 aliphatic heterocycles. The molecule has 2 amide bonds. The largest absolute Gasteiger partial charge is 0.391 e. The van der Waals surface area contributed by atoms with Crippen LogP contribution in [0.4, 0.5) is 10.6 Å². The molecule has 0 radical (unpaired) electrons. The first kappa shape index (κ1) is 22.1. The van der Waals surface area contributed by atoms with Crippen molar-refractivity contribution >= 4 is 11.8 Å². The number of amides is 2. The van der Waals surface area contributed by atoms with Crippen molar-refractivity contribution in [1.29, 1.82) is 0 Å². The van der Waals surface area contributed by atoms with E-state index in [-0.39, 0.29) is 29.7 Å². The summed E-state index contributed by atoms with van der Waals surface area (Å²) in [5.41, 5.74) is -0.169. The summed E-state index contributed by atoms with van der Waals surface area (Å²) in [5, 5.41) is 21.1. The molecule has 9 nitrogen and oxygen atoms in total. The van der Waals surface area contributed by atoms with Crippen LogP contribution in [0.3, 0.4) is 0 Å². The maximum Gasteiger partial charge on any atom is 0.315 e. The third-order valence-corrected chi connectivity index (χ3v) is 6.80. The second-order valence-electron chi connectivity index (χ2n) is 8.98. The van der Waals surface area contributed by atoms with Gasteiger partial charge in [-0.05, 0) is 51.0 Å². The zero-order chi connectivity index (χ0) is 21.6. The van der Waals surface area contributed by atoms with E-state index in [1.165, 1.54) is 4.68 Å². The number of carbonyl (C=O) groups excluding carboxylic acids is 1. The summed E-state index contributed by atoms with van der Waals surface area (Å²) in [4.78, 5) is 27.0. The van der Waals surface area contributed by atoms with Crippen molar-refractivity contribution in [1.82, 2.24) is 20.4 Å². The maximum atomic E-state index is 12.5. The van der Waals surface area contributed by atoms with Gasteiger partial charge in [-0.25, -0.2) is 9.48 Å². The lowest BCUT2D eigenvalue weighted by atomic mass is 9.93. The summed E-state index contributed by atoms with van der Waals surface area (Å²) in [5.74, 6) is 0.744. The van der Waals surface area contributed by atoms with Gasteiger partial charge in [0.05, 0.1) is 12.1 Å². The number of nitrogens with one attached hydrogen (secondary N) is 2. The van der Waals surface area contributed by atoms with Gasteiger partial charge in [0.25, 0.3) is 5.56 Å². The van der Waals surface area contributed by atoms with Gasteiger partial charge in [0.2, 0.25) is 0 Å². The van der Waals surface area contributed by atoms with E-state index in [1.54, 1.807) is 12.1 Å². The highest BCUT2D eigenvalue weighted by Gasteiger charge is 2.29. The van der Waals surface area contributed by atoms with Gasteiger partial charge >= 0.3 is 6.03 Å². The van der Waals surface area contributed by atoms with Crippen LogP contribution in [0.15, 0.2) is 16.9 Å². The van der Waals surface area contributed by atoms with E-state index >= 15 is 0 Å². The van der Waals surface area contributed by atoms with Crippen molar-refractivity contribution in [2.24, 2.45) is 0 Å². The number of aliphatic hydroxyl groups excluding tert-OH is 1. The molecule has 31 heavy (non-hydrogen) atoms. The van der Waals surface area contributed by atoms with E-state index in [4.69, 9.17) is 4.74 Å². The average Bonchev–Trinajstić information content (AvgIpc) is 2.79. The number of aromatic nitrogens is 2. The second-order valence-corrected chi connectivity index (χ2v) is 8.98. The van der Waals surface area contributed by atoms with Crippen LogP contribution in [0.1, 0.15) is 63.8 Å². The minimum absolute atomic E-state index is 0.129. The fourth-order valence-electron chi connectivity index (χ4n) is 4.99. The molecule has 1 aromatic rings. The molecule has 3 N–H and O–H groups in total. The molecule has 3 heterocycles. The number of urea groups is 1. The lowest BCUT2D eigenvalue weighted by molar-refractivity contribution is 0.0669. The van der Waals surface area contributed by atoms with Crippen LogP contribution >= 0.6 is 0 Å². The van der Waals surface area contributed by atoms with Crippen molar-refractivity contribution in [3.63, 3.8) is 0 Å². The highest BCUT2D eigenvalue weighted by atomic mass is 16.5. The zero-order valence-corrected chi connectivity index (χ0v) is 18.2. The van der Waals surface area contributed by atoms with Crippen molar-refractivity contribution in [3.05, 3.63) is 22.5 Å². The minimum Gasteiger partial charge on any atom is -0.391 e. The summed E-state index contributed by atoms with van der Waals surface area (Å²) in [6.45, 7) is 2.76. The first-order chi connectivity index (χ1) is 15.1. The van der Waals surface area contributed by atoms with Crippen LogP contribution < -0.4 is 21.1 Å². The third kappa shape index (κ3) is 5.57. The molecule has 1 aliphatic carbocycles. The molecule has 3 unspecified atom stereocenters. The van der Waals surface area contributed by atoms with Gasteiger partial charge in [-0.1, -0.05) is 12.8 Å². The Bertz CT molecular complexity index is 794. The Hall–Kier alpha value is -2.13. The highest BCUT2D eigenvalue weighted by Crippen LogP contribution is 2.28. The lowest BCUT2D eigenvalue weighted by Gasteiger charge is -2.37. The molecule has 0 spiro atoms. The predicted octanol–water partition coefficient (Wildman–Crippen LogP) is 1.56. The monoisotopic (exact) mass is 433 g/mol. The van der Waals surface area contributed by atoms with E-state index in [0.717, 1.165) is 63.7 Å². The number of anilines is 1. The summed E-state index contributed by atoms with van der Waals surface area (Å²) in [6, 6.07) is 3.23. The van der Waals surface area contributed by atoms with Crippen LogP contribution in [-0.2, 0) is 4.74 Å². The van der Waals surface area contributed by atoms with Crippen molar-refractivity contribution in [2.75, 3.05) is 31.2 Å². The lowest BCUT2D eigenvalue weighted by Crippen LogP contribution is -2.51. The zero-order valence-electron chi connectivity index (χ0n) is 18.2. The normalized spacial score (nSPS) is 27.6. The number of nitrogens with zero attached hydrogens (tertiary/aromatic N) is 3. The molecule has 9 heteroatoms. The standard InChI is InChI=1S/C22H35N5O4/c28-19-7-2-1-6-18(19)27-21(29)9-8-20(25-27)26-12-4-3-5-17(26)15-23-22(30)24-16-10-13-31-14-11-16/h8-9,16-19,28H,1-7,10-15H2,(H2,23,24,30). The number of ether oxygens (including phenoxy) is 1. The van der Waals surface area contributed by atoms with Gasteiger partial charge in [-0.3, -0.25) is 4.79 Å². The van der Waals surface area contributed by atoms with Gasteiger partial charge in [-0.15, -0.1) is 0 Å². The Labute approximate surface area is 183 Å². The van der Waals surface area contributed by atoms with Crippen LogP contribution in [0.2, 0.25) is 0 Å². The number of aliphatic hydroxyl groups is 1. The number of rotatable bonds is 5. The number of hydrogen-bond acceptors (Lipinski definition) is 6. The third-order valence-electron chi connectivity index (χ3n) is 6.80. The fraction of sp³-hybridized carbons (Fsp3) is 0.773. The van der Waals surface area contributed by atoms with Crippen LogP contribution in [-0.4, -0.2) is 65.4 Å². The molecule has 3 aliphatic rings. The van der Waals surface area contributed by atoms with Crippen molar-refractivity contribution in [2.45, 2.75) is 82.0 Å². The Balaban J connectivity index is 1.41. The predicted molar refractivity (Wildman–Crippen MR) is 117 cm³/mol. The molecule has 0 aromatic carbocycles. The van der Waals surface area contributed by atoms with Crippen LogP contribution in [0, 0.1) is 0 Å². The Morgan fingerprint density at radius 1 is 1.10 bits per heavy atom. The molecule has 1 aromatic heterocycles. The summed E-state index contributed by atoms with van der Waals surface area (Å²) in [7, 11) is 0. The van der Waals surface area contributed by atoms with Gasteiger partial charge < -0.3 is 25.4 Å². The van der Waals surface area contributed by atoms with Crippen LogP contribution in [0.25, 0.3) is 0 Å². The first-order valence-corrected chi connectivity index (χ1v) is 11.8. The van der Waals surface area contributed by atoms with Gasteiger partial charge in [0.1, 0.15) is 5.82 Å². The maximum absolute atomic E-state index is 12.5. The van der Waals surface area contributed by atoms with Gasteiger partial charge in [-0.2, -0.15) is 5.10 Å². The number of hydrogen-bond donors (Lipinski definition) is 3.